The Morgan fingerprint density at radius 1 is 1.10 bits per heavy atom. The average molecular weight is 439 g/mol. The number of urea groups is 1. The zero-order chi connectivity index (χ0) is 21.6. The number of nitrogens with zero attached hydrogens (tertiary/aromatic N) is 1. The van der Waals surface area contributed by atoms with Crippen LogP contribution in [0.4, 0.5) is 4.79 Å². The molecule has 0 aliphatic carbocycles. The van der Waals surface area contributed by atoms with Crippen LogP contribution in [0.15, 0.2) is 82.6 Å². The van der Waals surface area contributed by atoms with Crippen LogP contribution >= 0.6 is 11.6 Å². The molecule has 2 unspecified atom stereocenters. The van der Waals surface area contributed by atoms with Crippen molar-refractivity contribution in [3.63, 3.8) is 0 Å². The van der Waals surface area contributed by atoms with Gasteiger partial charge in [-0.05, 0) is 29.8 Å². The van der Waals surface area contributed by atoms with Gasteiger partial charge in [-0.3, -0.25) is 4.79 Å². The van der Waals surface area contributed by atoms with E-state index in [4.69, 9.17) is 25.5 Å². The molecule has 4 rings (SSSR count). The maximum absolute atomic E-state index is 13.1. The second kappa shape index (κ2) is 9.49. The van der Waals surface area contributed by atoms with Crippen molar-refractivity contribution in [2.24, 2.45) is 10.9 Å². The van der Waals surface area contributed by atoms with Crippen molar-refractivity contribution in [3.05, 3.63) is 89.3 Å². The summed E-state index contributed by atoms with van der Waals surface area (Å²) in [5, 5.41) is 3.28. The Balaban J connectivity index is 1.59. The predicted octanol–water partition coefficient (Wildman–Crippen LogP) is 4.58. The monoisotopic (exact) mass is 438 g/mol. The van der Waals surface area contributed by atoms with Gasteiger partial charge in [-0.15, -0.1) is 0 Å². The normalized spacial score (nSPS) is 18.1. The minimum absolute atomic E-state index is 0.0454. The first kappa shape index (κ1) is 20.7. The summed E-state index contributed by atoms with van der Waals surface area (Å²) < 4.78 is 16.3. The first-order chi connectivity index (χ1) is 15.1. The Labute approximate surface area is 183 Å². The van der Waals surface area contributed by atoms with Crippen LogP contribution in [0.2, 0.25) is 5.02 Å². The van der Waals surface area contributed by atoms with Crippen LogP contribution in [0.1, 0.15) is 17.2 Å². The van der Waals surface area contributed by atoms with Gasteiger partial charge in [0.1, 0.15) is 24.9 Å². The standard InChI is InChI=1S/C23H19ClN2O5/c24-17-7-4-8-18(11-17)30-14-19-20(22(27)31-13-15-9-10-29-12-15)21(26-23(28)25-19)16-5-2-1-3-6-16/h1-12,20-21H,13-14H2,(H,26,28). The van der Waals surface area contributed by atoms with Crippen molar-refractivity contribution in [3.8, 4) is 5.75 Å². The molecule has 1 aliphatic rings. The van der Waals surface area contributed by atoms with E-state index in [2.05, 4.69) is 10.3 Å². The van der Waals surface area contributed by atoms with Crippen LogP contribution in [-0.2, 0) is 16.1 Å². The molecule has 0 fully saturated rings. The lowest BCUT2D eigenvalue weighted by Crippen LogP contribution is -2.46. The van der Waals surface area contributed by atoms with Crippen LogP contribution in [0.5, 0.6) is 5.75 Å². The second-order valence-corrected chi connectivity index (χ2v) is 7.34. The summed E-state index contributed by atoms with van der Waals surface area (Å²) in [5.74, 6) is -0.877. The molecule has 0 bridgehead atoms. The first-order valence-corrected chi connectivity index (χ1v) is 9.97. The minimum Gasteiger partial charge on any atom is -0.488 e. The molecule has 0 saturated carbocycles. The van der Waals surface area contributed by atoms with Crippen molar-refractivity contribution in [1.29, 1.82) is 0 Å². The lowest BCUT2D eigenvalue weighted by atomic mass is 9.88. The lowest BCUT2D eigenvalue weighted by Gasteiger charge is -2.30. The Morgan fingerprint density at radius 2 is 1.94 bits per heavy atom. The molecule has 3 aromatic rings. The summed E-state index contributed by atoms with van der Waals surface area (Å²) >= 11 is 6.01. The molecule has 1 aliphatic heterocycles. The molecular weight excluding hydrogens is 420 g/mol. The Hall–Kier alpha value is -3.58. The molecule has 31 heavy (non-hydrogen) atoms. The molecule has 0 spiro atoms. The Morgan fingerprint density at radius 3 is 2.68 bits per heavy atom. The zero-order valence-corrected chi connectivity index (χ0v) is 17.1. The highest BCUT2D eigenvalue weighted by atomic mass is 35.5. The molecular formula is C23H19ClN2O5. The number of ether oxygens (including phenoxy) is 2. The zero-order valence-electron chi connectivity index (χ0n) is 16.4. The topological polar surface area (TPSA) is 90.1 Å². The molecule has 8 heteroatoms. The SMILES string of the molecule is O=C1N=C(COc2cccc(Cl)c2)C(C(=O)OCc2ccoc2)C(c2ccccc2)N1. The molecule has 1 aromatic heterocycles. The molecule has 2 amide bonds. The minimum atomic E-state index is -0.855. The van der Waals surface area contributed by atoms with Gasteiger partial charge >= 0.3 is 12.0 Å². The highest BCUT2D eigenvalue weighted by Crippen LogP contribution is 2.29. The number of benzene rings is 2. The fraction of sp³-hybridized carbons (Fsp3) is 0.174. The highest BCUT2D eigenvalue weighted by molar-refractivity contribution is 6.30. The maximum Gasteiger partial charge on any atom is 0.341 e. The van der Waals surface area contributed by atoms with Crippen LogP contribution in [-0.4, -0.2) is 24.3 Å². The van der Waals surface area contributed by atoms with Gasteiger partial charge in [-0.25, -0.2) is 4.79 Å². The number of carbonyl (C=O) groups is 2. The van der Waals surface area contributed by atoms with Crippen LogP contribution < -0.4 is 10.1 Å². The summed E-state index contributed by atoms with van der Waals surface area (Å²) in [4.78, 5) is 29.4. The van der Waals surface area contributed by atoms with E-state index < -0.39 is 24.0 Å². The highest BCUT2D eigenvalue weighted by Gasteiger charge is 2.40. The molecule has 2 aromatic carbocycles. The van der Waals surface area contributed by atoms with Crippen LogP contribution in [0.25, 0.3) is 0 Å². The number of hydrogen-bond donors (Lipinski definition) is 1. The van der Waals surface area contributed by atoms with Crippen molar-refractivity contribution in [2.75, 3.05) is 6.61 Å². The number of carbonyl (C=O) groups excluding carboxylic acids is 2. The number of halogens is 1. The Kier molecular flexibility index (Phi) is 6.33. The third-order valence-corrected chi connectivity index (χ3v) is 5.01. The van der Waals surface area contributed by atoms with E-state index in [1.807, 2.05) is 30.3 Å². The summed E-state index contributed by atoms with van der Waals surface area (Å²) in [7, 11) is 0. The summed E-state index contributed by atoms with van der Waals surface area (Å²) in [5.41, 5.74) is 1.75. The van der Waals surface area contributed by atoms with Crippen LogP contribution in [0.3, 0.4) is 0 Å². The molecule has 2 heterocycles. The number of rotatable bonds is 7. The Bertz CT molecular complexity index is 1080. The average Bonchev–Trinajstić information content (AvgIpc) is 3.30. The number of amides is 2. The molecule has 158 valence electrons. The van der Waals surface area contributed by atoms with Crippen molar-refractivity contribution in [2.45, 2.75) is 12.6 Å². The van der Waals surface area contributed by atoms with Crippen molar-refractivity contribution < 1.29 is 23.5 Å². The van der Waals surface area contributed by atoms with E-state index in [9.17, 15) is 9.59 Å². The fourth-order valence-corrected chi connectivity index (χ4v) is 3.48. The third-order valence-electron chi connectivity index (χ3n) is 4.77. The van der Waals surface area contributed by atoms with Crippen molar-refractivity contribution in [1.82, 2.24) is 5.32 Å². The van der Waals surface area contributed by atoms with E-state index >= 15 is 0 Å². The van der Waals surface area contributed by atoms with E-state index in [0.717, 1.165) is 11.1 Å². The number of nitrogens with one attached hydrogen (secondary N) is 1. The predicted molar refractivity (Wildman–Crippen MR) is 114 cm³/mol. The van der Waals surface area contributed by atoms with Gasteiger partial charge in [0, 0.05) is 10.6 Å². The molecule has 2 atom stereocenters. The van der Waals surface area contributed by atoms with Gasteiger partial charge in [0.25, 0.3) is 0 Å². The number of hydrogen-bond acceptors (Lipinski definition) is 5. The molecule has 0 radical (unpaired) electrons. The van der Waals surface area contributed by atoms with Gasteiger partial charge in [0.15, 0.2) is 0 Å². The van der Waals surface area contributed by atoms with Crippen molar-refractivity contribution >= 4 is 29.3 Å². The molecule has 0 saturated heterocycles. The van der Waals surface area contributed by atoms with E-state index in [1.165, 1.54) is 12.5 Å². The van der Waals surface area contributed by atoms with Gasteiger partial charge in [-0.2, -0.15) is 4.99 Å². The number of furan rings is 1. The summed E-state index contributed by atoms with van der Waals surface area (Å²) in [6, 6.07) is 16.6. The van der Waals surface area contributed by atoms with Gasteiger partial charge in [0.05, 0.1) is 24.3 Å². The smallest absolute Gasteiger partial charge is 0.341 e. The quantitative estimate of drug-likeness (QED) is 0.545. The van der Waals surface area contributed by atoms with Crippen LogP contribution in [0, 0.1) is 5.92 Å². The van der Waals surface area contributed by atoms with Gasteiger partial charge in [-0.1, -0.05) is 48.0 Å². The second-order valence-electron chi connectivity index (χ2n) is 6.90. The first-order valence-electron chi connectivity index (χ1n) is 9.59. The van der Waals surface area contributed by atoms with E-state index in [1.54, 1.807) is 30.3 Å². The maximum atomic E-state index is 13.1. The molecule has 7 nitrogen and oxygen atoms in total. The number of esters is 1. The summed E-state index contributed by atoms with van der Waals surface area (Å²) in [6.07, 6.45) is 3.00. The molecule has 1 N–H and O–H groups in total. The summed E-state index contributed by atoms with van der Waals surface area (Å²) in [6.45, 7) is -0.0215. The number of aliphatic imine (C=N–C) groups is 1. The van der Waals surface area contributed by atoms with E-state index in [0.29, 0.717) is 10.8 Å². The fourth-order valence-electron chi connectivity index (χ4n) is 3.30. The third kappa shape index (κ3) is 5.13. The van der Waals surface area contributed by atoms with Gasteiger partial charge < -0.3 is 19.2 Å². The van der Waals surface area contributed by atoms with Gasteiger partial charge in [0.2, 0.25) is 0 Å². The lowest BCUT2D eigenvalue weighted by molar-refractivity contribution is -0.148. The van der Waals surface area contributed by atoms with E-state index in [-0.39, 0.29) is 18.9 Å². The largest absolute Gasteiger partial charge is 0.488 e.